The first-order valence-electron chi connectivity index (χ1n) is 6.69. The summed E-state index contributed by atoms with van der Waals surface area (Å²) in [7, 11) is 0. The van der Waals surface area contributed by atoms with Crippen molar-refractivity contribution >= 4 is 23.5 Å². The molecule has 8 heteroatoms. The van der Waals surface area contributed by atoms with Crippen LogP contribution in [0.3, 0.4) is 0 Å². The topological polar surface area (TPSA) is 55.4 Å². The minimum absolute atomic E-state index is 0.0466. The van der Waals surface area contributed by atoms with Crippen LogP contribution >= 0.6 is 11.6 Å². The number of benzene rings is 2. The number of amides is 1. The predicted molar refractivity (Wildman–Crippen MR) is 79.9 cm³/mol. The third kappa shape index (κ3) is 4.99. The lowest BCUT2D eigenvalue weighted by Crippen LogP contribution is -2.28. The molecular weight excluding hydrogens is 347 g/mol. The maximum absolute atomic E-state index is 13.0. The molecule has 2 aromatic carbocycles. The van der Waals surface area contributed by atoms with Gasteiger partial charge in [0.25, 0.3) is 5.91 Å². The fraction of sp³-hybridized carbons (Fsp3) is 0.125. The molecule has 0 spiro atoms. The zero-order valence-corrected chi connectivity index (χ0v) is 12.9. The van der Waals surface area contributed by atoms with E-state index in [4.69, 9.17) is 11.6 Å². The first-order chi connectivity index (χ1) is 11.3. The van der Waals surface area contributed by atoms with Crippen molar-refractivity contribution in [3.05, 3.63) is 70.0 Å². The molecule has 4 nitrogen and oxygen atoms in total. The third-order valence-electron chi connectivity index (χ3n) is 2.91. The number of hydrogen-bond acceptors (Lipinski definition) is 3. The van der Waals surface area contributed by atoms with Gasteiger partial charge in [0.2, 0.25) is 0 Å². The summed E-state index contributed by atoms with van der Waals surface area (Å²) in [5, 5.41) is 2.35. The molecule has 0 saturated carbocycles. The summed E-state index contributed by atoms with van der Waals surface area (Å²) in [6, 6.07) is 6.13. The van der Waals surface area contributed by atoms with Gasteiger partial charge in [-0.1, -0.05) is 17.7 Å². The highest BCUT2D eigenvalue weighted by Gasteiger charge is 2.13. The monoisotopic (exact) mass is 357 g/mol. The number of ether oxygens (including phenoxy) is 1. The summed E-state index contributed by atoms with van der Waals surface area (Å²) in [6.07, 6.45) is 0. The van der Waals surface area contributed by atoms with Crippen LogP contribution in [0.4, 0.5) is 13.2 Å². The van der Waals surface area contributed by atoms with Crippen LogP contribution in [0.25, 0.3) is 0 Å². The molecule has 0 bridgehead atoms. The smallest absolute Gasteiger partial charge is 0.338 e. The number of nitrogens with one attached hydrogen (secondary N) is 1. The lowest BCUT2D eigenvalue weighted by Gasteiger charge is -2.07. The van der Waals surface area contributed by atoms with Crippen molar-refractivity contribution in [1.29, 1.82) is 0 Å². The minimum atomic E-state index is -1.03. The van der Waals surface area contributed by atoms with E-state index in [0.717, 1.165) is 18.2 Å². The molecule has 0 aliphatic rings. The quantitative estimate of drug-likeness (QED) is 0.836. The van der Waals surface area contributed by atoms with Gasteiger partial charge in [-0.05, 0) is 29.8 Å². The van der Waals surface area contributed by atoms with Gasteiger partial charge in [0, 0.05) is 12.6 Å². The molecule has 1 amide bonds. The summed E-state index contributed by atoms with van der Waals surface area (Å²) in [5.74, 6) is -4.11. The van der Waals surface area contributed by atoms with E-state index in [1.807, 2.05) is 0 Å². The molecule has 0 aliphatic carbocycles. The van der Waals surface area contributed by atoms with Crippen molar-refractivity contribution in [2.24, 2.45) is 0 Å². The zero-order valence-electron chi connectivity index (χ0n) is 12.1. The predicted octanol–water partition coefficient (Wildman–Crippen LogP) is 3.23. The molecule has 0 radical (unpaired) electrons. The van der Waals surface area contributed by atoms with Gasteiger partial charge in [0.1, 0.15) is 17.5 Å². The molecule has 2 rings (SSSR count). The van der Waals surface area contributed by atoms with Gasteiger partial charge in [-0.15, -0.1) is 0 Å². The molecule has 0 aromatic heterocycles. The highest BCUT2D eigenvalue weighted by atomic mass is 35.5. The molecule has 0 aliphatic heterocycles. The highest BCUT2D eigenvalue weighted by Crippen LogP contribution is 2.15. The molecule has 1 N–H and O–H groups in total. The minimum Gasteiger partial charge on any atom is -0.452 e. The number of hydrogen-bond donors (Lipinski definition) is 1. The molecular formula is C16H11ClF3NO3. The van der Waals surface area contributed by atoms with E-state index in [0.29, 0.717) is 11.6 Å². The van der Waals surface area contributed by atoms with Crippen molar-refractivity contribution in [2.45, 2.75) is 6.54 Å². The average Bonchev–Trinajstić information content (AvgIpc) is 2.52. The maximum atomic E-state index is 13.0. The SMILES string of the molecule is O=C(COC(=O)c1cc(F)cc(F)c1)NCc1ccc(F)c(Cl)c1. The largest absolute Gasteiger partial charge is 0.452 e. The summed E-state index contributed by atoms with van der Waals surface area (Å²) in [5.41, 5.74) is 0.207. The van der Waals surface area contributed by atoms with Crippen LogP contribution in [0.1, 0.15) is 15.9 Å². The van der Waals surface area contributed by atoms with E-state index in [9.17, 15) is 22.8 Å². The second kappa shape index (κ2) is 7.83. The van der Waals surface area contributed by atoms with Crippen LogP contribution in [0.5, 0.6) is 0 Å². The molecule has 2 aromatic rings. The Morgan fingerprint density at radius 2 is 1.71 bits per heavy atom. The van der Waals surface area contributed by atoms with E-state index in [1.165, 1.54) is 12.1 Å². The van der Waals surface area contributed by atoms with Crippen molar-refractivity contribution < 1.29 is 27.5 Å². The van der Waals surface area contributed by atoms with Gasteiger partial charge in [0.15, 0.2) is 6.61 Å². The number of rotatable bonds is 5. The molecule has 0 unspecified atom stereocenters. The molecule has 0 saturated heterocycles. The van der Waals surface area contributed by atoms with Crippen molar-refractivity contribution in [3.63, 3.8) is 0 Å². The Morgan fingerprint density at radius 1 is 1.04 bits per heavy atom. The van der Waals surface area contributed by atoms with Gasteiger partial charge in [-0.25, -0.2) is 18.0 Å². The highest BCUT2D eigenvalue weighted by molar-refractivity contribution is 6.30. The van der Waals surface area contributed by atoms with Gasteiger partial charge in [0.05, 0.1) is 10.6 Å². The Morgan fingerprint density at radius 3 is 2.33 bits per heavy atom. The van der Waals surface area contributed by atoms with E-state index >= 15 is 0 Å². The van der Waals surface area contributed by atoms with Crippen molar-refractivity contribution in [3.8, 4) is 0 Å². The fourth-order valence-electron chi connectivity index (χ4n) is 1.79. The first kappa shape index (κ1) is 17.8. The Hall–Kier alpha value is -2.54. The molecule has 126 valence electrons. The summed E-state index contributed by atoms with van der Waals surface area (Å²) in [6.45, 7) is -0.586. The van der Waals surface area contributed by atoms with Gasteiger partial charge in [-0.2, -0.15) is 0 Å². The lowest BCUT2D eigenvalue weighted by molar-refractivity contribution is -0.124. The standard InChI is InChI=1S/C16H11ClF3NO3/c17-13-3-9(1-2-14(13)20)7-21-15(22)8-24-16(23)10-4-11(18)6-12(19)5-10/h1-6H,7-8H2,(H,21,22). The van der Waals surface area contributed by atoms with Gasteiger partial charge < -0.3 is 10.1 Å². The Balaban J connectivity index is 1.84. The van der Waals surface area contributed by atoms with E-state index in [1.54, 1.807) is 0 Å². The van der Waals surface area contributed by atoms with Gasteiger partial charge >= 0.3 is 5.97 Å². The lowest BCUT2D eigenvalue weighted by atomic mass is 10.2. The van der Waals surface area contributed by atoms with Crippen LogP contribution in [0.15, 0.2) is 36.4 Å². The van der Waals surface area contributed by atoms with Crippen LogP contribution in [0.2, 0.25) is 5.02 Å². The van der Waals surface area contributed by atoms with Crippen molar-refractivity contribution in [1.82, 2.24) is 5.32 Å². The second-order valence-corrected chi connectivity index (χ2v) is 5.17. The molecule has 24 heavy (non-hydrogen) atoms. The van der Waals surface area contributed by atoms with Crippen molar-refractivity contribution in [2.75, 3.05) is 6.61 Å². The maximum Gasteiger partial charge on any atom is 0.338 e. The third-order valence-corrected chi connectivity index (χ3v) is 3.20. The van der Waals surface area contributed by atoms with Crippen LogP contribution in [-0.2, 0) is 16.1 Å². The van der Waals surface area contributed by atoms with Crippen LogP contribution < -0.4 is 5.32 Å². The Labute approximate surface area is 140 Å². The Bertz CT molecular complexity index is 763. The van der Waals surface area contributed by atoms with Gasteiger partial charge in [-0.3, -0.25) is 4.79 Å². The van der Waals surface area contributed by atoms with E-state index < -0.39 is 35.9 Å². The summed E-state index contributed by atoms with van der Waals surface area (Å²) < 4.78 is 43.6. The van der Waals surface area contributed by atoms with Crippen LogP contribution in [-0.4, -0.2) is 18.5 Å². The zero-order chi connectivity index (χ0) is 17.7. The number of halogens is 4. The summed E-state index contributed by atoms with van der Waals surface area (Å²) in [4.78, 5) is 23.2. The number of esters is 1. The normalized spacial score (nSPS) is 10.3. The van der Waals surface area contributed by atoms with E-state index in [-0.39, 0.29) is 17.1 Å². The summed E-state index contributed by atoms with van der Waals surface area (Å²) >= 11 is 5.61. The Kier molecular flexibility index (Phi) is 5.81. The first-order valence-corrected chi connectivity index (χ1v) is 7.07. The second-order valence-electron chi connectivity index (χ2n) is 4.76. The van der Waals surface area contributed by atoms with Crippen LogP contribution in [0, 0.1) is 17.5 Å². The number of carbonyl (C=O) groups is 2. The fourth-order valence-corrected chi connectivity index (χ4v) is 1.99. The van der Waals surface area contributed by atoms with E-state index in [2.05, 4.69) is 10.1 Å². The average molecular weight is 358 g/mol. The molecule has 0 heterocycles. The number of carbonyl (C=O) groups excluding carboxylic acids is 2. The molecule has 0 atom stereocenters. The molecule has 0 fully saturated rings.